The largest absolute Gasteiger partial charge is 0.462 e. The molecule has 3 rings (SSSR count). The van der Waals surface area contributed by atoms with Gasteiger partial charge >= 0.3 is 11.7 Å². The van der Waals surface area contributed by atoms with Crippen LogP contribution in [0.15, 0.2) is 33.5 Å². The van der Waals surface area contributed by atoms with E-state index < -0.39 is 5.76 Å². The van der Waals surface area contributed by atoms with Crippen molar-refractivity contribution in [3.8, 4) is 0 Å². The van der Waals surface area contributed by atoms with Crippen molar-refractivity contribution in [2.24, 2.45) is 0 Å². The SMILES string of the molecule is O=C(CCn1c(=O)oc2ccccc21)OC1CCCCCC1. The molecule has 1 saturated carbocycles. The maximum absolute atomic E-state index is 12.0. The Bertz CT molecular complexity index is 692. The van der Waals surface area contributed by atoms with Gasteiger partial charge in [0, 0.05) is 6.54 Å². The number of aromatic nitrogens is 1. The summed E-state index contributed by atoms with van der Waals surface area (Å²) in [6.07, 6.45) is 6.87. The average Bonchev–Trinajstić information content (AvgIpc) is 2.67. The Morgan fingerprint density at radius 1 is 1.18 bits per heavy atom. The summed E-state index contributed by atoms with van der Waals surface area (Å²) in [6, 6.07) is 7.22. The van der Waals surface area contributed by atoms with Crippen LogP contribution in [0.1, 0.15) is 44.9 Å². The summed E-state index contributed by atoms with van der Waals surface area (Å²) < 4.78 is 12.2. The fourth-order valence-electron chi connectivity index (χ4n) is 3.03. The van der Waals surface area contributed by atoms with Crippen LogP contribution in [0.2, 0.25) is 0 Å². The van der Waals surface area contributed by atoms with Gasteiger partial charge in [0.2, 0.25) is 0 Å². The summed E-state index contributed by atoms with van der Waals surface area (Å²) in [6.45, 7) is 0.293. The first-order valence-corrected chi connectivity index (χ1v) is 8.02. The molecular formula is C17H21NO4. The molecular weight excluding hydrogens is 282 g/mol. The lowest BCUT2D eigenvalue weighted by Crippen LogP contribution is -2.21. The number of carbonyl (C=O) groups is 1. The van der Waals surface area contributed by atoms with Crippen LogP contribution in [0.3, 0.4) is 0 Å². The molecule has 0 atom stereocenters. The Morgan fingerprint density at radius 2 is 1.91 bits per heavy atom. The van der Waals surface area contributed by atoms with Gasteiger partial charge in [-0.3, -0.25) is 9.36 Å². The van der Waals surface area contributed by atoms with E-state index in [0.717, 1.165) is 31.2 Å². The van der Waals surface area contributed by atoms with E-state index in [1.807, 2.05) is 18.2 Å². The molecule has 22 heavy (non-hydrogen) atoms. The molecule has 0 aliphatic heterocycles. The molecule has 1 heterocycles. The molecule has 1 aromatic carbocycles. The first-order valence-electron chi connectivity index (χ1n) is 8.02. The number of benzene rings is 1. The van der Waals surface area contributed by atoms with Gasteiger partial charge in [-0.2, -0.15) is 0 Å². The molecule has 2 aromatic rings. The molecule has 0 unspecified atom stereocenters. The van der Waals surface area contributed by atoms with Crippen molar-refractivity contribution in [3.63, 3.8) is 0 Å². The Hall–Kier alpha value is -2.04. The zero-order valence-electron chi connectivity index (χ0n) is 12.6. The Labute approximate surface area is 128 Å². The molecule has 1 aromatic heterocycles. The summed E-state index contributed by atoms with van der Waals surface area (Å²) in [5.74, 6) is -0.660. The van der Waals surface area contributed by atoms with Crippen LogP contribution in [0, 0.1) is 0 Å². The molecule has 0 spiro atoms. The van der Waals surface area contributed by atoms with E-state index in [0.29, 0.717) is 12.1 Å². The average molecular weight is 303 g/mol. The molecule has 1 aliphatic rings. The highest BCUT2D eigenvalue weighted by Crippen LogP contribution is 2.20. The number of hydrogen-bond donors (Lipinski definition) is 0. The molecule has 0 bridgehead atoms. The molecule has 0 N–H and O–H groups in total. The van der Waals surface area contributed by atoms with Crippen LogP contribution in [0.25, 0.3) is 11.1 Å². The van der Waals surface area contributed by atoms with Gasteiger partial charge in [-0.05, 0) is 37.8 Å². The lowest BCUT2D eigenvalue weighted by Gasteiger charge is -2.15. The summed E-state index contributed by atoms with van der Waals surface area (Å²) >= 11 is 0. The molecule has 0 amide bonds. The number of nitrogens with zero attached hydrogens (tertiary/aromatic N) is 1. The van der Waals surface area contributed by atoms with Gasteiger partial charge < -0.3 is 9.15 Å². The summed E-state index contributed by atoms with van der Waals surface area (Å²) in [5, 5.41) is 0. The number of rotatable bonds is 4. The standard InChI is InChI=1S/C17H21NO4/c19-16(21-13-7-3-1-2-4-8-13)11-12-18-14-9-5-6-10-15(14)22-17(18)20/h5-6,9-10,13H,1-4,7-8,11-12H2. The van der Waals surface area contributed by atoms with Crippen molar-refractivity contribution in [2.45, 2.75) is 57.6 Å². The molecule has 1 fully saturated rings. The maximum atomic E-state index is 12.0. The predicted octanol–water partition coefficient (Wildman–Crippen LogP) is 3.25. The lowest BCUT2D eigenvalue weighted by molar-refractivity contribution is -0.149. The van der Waals surface area contributed by atoms with Crippen LogP contribution < -0.4 is 5.76 Å². The van der Waals surface area contributed by atoms with Crippen molar-refractivity contribution < 1.29 is 13.9 Å². The molecule has 0 saturated heterocycles. The van der Waals surface area contributed by atoms with E-state index in [1.165, 1.54) is 17.4 Å². The molecule has 0 radical (unpaired) electrons. The minimum atomic E-state index is -0.427. The van der Waals surface area contributed by atoms with Gasteiger partial charge in [-0.15, -0.1) is 0 Å². The van der Waals surface area contributed by atoms with Gasteiger partial charge in [0.05, 0.1) is 11.9 Å². The number of fused-ring (bicyclic) bond motifs is 1. The summed E-state index contributed by atoms with van der Waals surface area (Å²) in [4.78, 5) is 23.8. The number of esters is 1. The van der Waals surface area contributed by atoms with Gasteiger partial charge in [-0.1, -0.05) is 25.0 Å². The van der Waals surface area contributed by atoms with Crippen molar-refractivity contribution in [1.82, 2.24) is 4.57 Å². The monoisotopic (exact) mass is 303 g/mol. The van der Waals surface area contributed by atoms with Crippen LogP contribution in [0.4, 0.5) is 0 Å². The number of hydrogen-bond acceptors (Lipinski definition) is 4. The smallest absolute Gasteiger partial charge is 0.419 e. The van der Waals surface area contributed by atoms with E-state index in [9.17, 15) is 9.59 Å². The highest BCUT2D eigenvalue weighted by Gasteiger charge is 2.17. The second-order valence-electron chi connectivity index (χ2n) is 5.84. The van der Waals surface area contributed by atoms with Gasteiger partial charge in [0.25, 0.3) is 0 Å². The topological polar surface area (TPSA) is 61.4 Å². The Morgan fingerprint density at radius 3 is 2.68 bits per heavy atom. The lowest BCUT2D eigenvalue weighted by atomic mass is 10.1. The third-order valence-electron chi connectivity index (χ3n) is 4.21. The number of para-hydroxylation sites is 2. The second-order valence-corrected chi connectivity index (χ2v) is 5.84. The fraction of sp³-hybridized carbons (Fsp3) is 0.529. The van der Waals surface area contributed by atoms with E-state index in [-0.39, 0.29) is 18.5 Å². The summed E-state index contributed by atoms with van der Waals surface area (Å²) in [5.41, 5.74) is 1.26. The normalized spacial score (nSPS) is 16.5. The van der Waals surface area contributed by atoms with E-state index in [4.69, 9.17) is 9.15 Å². The maximum Gasteiger partial charge on any atom is 0.419 e. The quantitative estimate of drug-likeness (QED) is 0.642. The predicted molar refractivity (Wildman–Crippen MR) is 82.7 cm³/mol. The fourth-order valence-corrected chi connectivity index (χ4v) is 3.03. The molecule has 118 valence electrons. The minimum Gasteiger partial charge on any atom is -0.462 e. The molecule has 1 aliphatic carbocycles. The highest BCUT2D eigenvalue weighted by atomic mass is 16.5. The highest BCUT2D eigenvalue weighted by molar-refractivity contribution is 5.73. The number of carbonyl (C=O) groups excluding carboxylic acids is 1. The van der Waals surface area contributed by atoms with E-state index in [2.05, 4.69) is 0 Å². The van der Waals surface area contributed by atoms with Crippen LogP contribution in [-0.4, -0.2) is 16.6 Å². The second kappa shape index (κ2) is 6.81. The number of aryl methyl sites for hydroxylation is 1. The van der Waals surface area contributed by atoms with E-state index in [1.54, 1.807) is 6.07 Å². The first-order chi connectivity index (χ1) is 10.7. The Balaban J connectivity index is 1.60. The van der Waals surface area contributed by atoms with Crippen molar-refractivity contribution >= 4 is 17.1 Å². The van der Waals surface area contributed by atoms with E-state index >= 15 is 0 Å². The van der Waals surface area contributed by atoms with Crippen LogP contribution >= 0.6 is 0 Å². The third-order valence-corrected chi connectivity index (χ3v) is 4.21. The number of ether oxygens (including phenoxy) is 1. The van der Waals surface area contributed by atoms with Crippen LogP contribution in [-0.2, 0) is 16.1 Å². The van der Waals surface area contributed by atoms with Gasteiger partial charge in [-0.25, -0.2) is 4.79 Å². The Kier molecular flexibility index (Phi) is 4.61. The third kappa shape index (κ3) is 3.40. The van der Waals surface area contributed by atoms with Gasteiger partial charge in [0.1, 0.15) is 6.10 Å². The summed E-state index contributed by atoms with van der Waals surface area (Å²) in [7, 11) is 0. The zero-order chi connectivity index (χ0) is 15.4. The minimum absolute atomic E-state index is 0.0489. The zero-order valence-corrected chi connectivity index (χ0v) is 12.6. The first kappa shape index (κ1) is 14.9. The van der Waals surface area contributed by atoms with Crippen LogP contribution in [0.5, 0.6) is 0 Å². The van der Waals surface area contributed by atoms with Gasteiger partial charge in [0.15, 0.2) is 5.58 Å². The number of oxazole rings is 1. The van der Waals surface area contributed by atoms with Crippen molar-refractivity contribution in [1.29, 1.82) is 0 Å². The van der Waals surface area contributed by atoms with Crippen molar-refractivity contribution in [2.75, 3.05) is 0 Å². The molecule has 5 nitrogen and oxygen atoms in total. The van der Waals surface area contributed by atoms with Crippen molar-refractivity contribution in [3.05, 3.63) is 34.8 Å². The molecule has 5 heteroatoms.